The van der Waals surface area contributed by atoms with Crippen molar-refractivity contribution in [2.45, 2.75) is 54.0 Å². The Morgan fingerprint density at radius 2 is 1.78 bits per heavy atom. The molecule has 2 heteroatoms. The van der Waals surface area contributed by atoms with Crippen LogP contribution in [-0.2, 0) is 0 Å². The Labute approximate surface area is 114 Å². The van der Waals surface area contributed by atoms with Gasteiger partial charge in [-0.15, -0.1) is 0 Å². The van der Waals surface area contributed by atoms with Crippen molar-refractivity contribution in [3.63, 3.8) is 0 Å². The van der Waals surface area contributed by atoms with E-state index in [2.05, 4.69) is 51.8 Å². The largest absolute Gasteiger partial charge is 0.314 e. The van der Waals surface area contributed by atoms with Crippen LogP contribution in [0, 0.1) is 22.7 Å². The molecule has 0 bridgehead atoms. The molecule has 2 fully saturated rings. The van der Waals surface area contributed by atoms with Crippen LogP contribution >= 0.6 is 0 Å². The highest BCUT2D eigenvalue weighted by Crippen LogP contribution is 2.68. The average molecular weight is 252 g/mol. The van der Waals surface area contributed by atoms with Gasteiger partial charge in [-0.2, -0.15) is 0 Å². The highest BCUT2D eigenvalue weighted by Gasteiger charge is 2.64. The van der Waals surface area contributed by atoms with Crippen LogP contribution in [-0.4, -0.2) is 37.1 Å². The predicted octanol–water partition coefficient (Wildman–Crippen LogP) is 2.99. The van der Waals surface area contributed by atoms with Gasteiger partial charge in [-0.1, -0.05) is 41.5 Å². The first kappa shape index (κ1) is 14.3. The lowest BCUT2D eigenvalue weighted by Gasteiger charge is -2.37. The molecule has 18 heavy (non-hydrogen) atoms. The fourth-order valence-electron chi connectivity index (χ4n) is 4.01. The van der Waals surface area contributed by atoms with E-state index in [-0.39, 0.29) is 0 Å². The summed E-state index contributed by atoms with van der Waals surface area (Å²) in [5.41, 5.74) is 1.07. The molecule has 1 N–H and O–H groups in total. The summed E-state index contributed by atoms with van der Waals surface area (Å²) in [6.45, 7) is 19.3. The third kappa shape index (κ3) is 2.34. The Kier molecular flexibility index (Phi) is 3.81. The molecule has 2 unspecified atom stereocenters. The van der Waals surface area contributed by atoms with Crippen molar-refractivity contribution in [2.24, 2.45) is 22.7 Å². The van der Waals surface area contributed by atoms with Crippen molar-refractivity contribution in [3.05, 3.63) is 0 Å². The molecule has 1 aliphatic carbocycles. The van der Waals surface area contributed by atoms with E-state index < -0.39 is 0 Å². The van der Waals surface area contributed by atoms with Gasteiger partial charge in [0.25, 0.3) is 0 Å². The van der Waals surface area contributed by atoms with E-state index in [9.17, 15) is 0 Å². The molecular weight excluding hydrogens is 220 g/mol. The minimum Gasteiger partial charge on any atom is -0.314 e. The molecule has 0 spiro atoms. The number of piperidine rings is 1. The zero-order chi connectivity index (χ0) is 13.6. The number of nitrogens with zero attached hydrogens (tertiary/aromatic N) is 1. The van der Waals surface area contributed by atoms with Gasteiger partial charge < -0.3 is 10.2 Å². The van der Waals surface area contributed by atoms with Crippen molar-refractivity contribution in [1.29, 1.82) is 0 Å². The third-order valence-electron chi connectivity index (χ3n) is 6.22. The summed E-state index contributed by atoms with van der Waals surface area (Å²) >= 11 is 0. The molecule has 0 aromatic carbocycles. The zero-order valence-corrected chi connectivity index (χ0v) is 13.2. The van der Waals surface area contributed by atoms with Crippen LogP contribution in [0.5, 0.6) is 0 Å². The third-order valence-corrected chi connectivity index (χ3v) is 6.22. The van der Waals surface area contributed by atoms with E-state index in [1.165, 1.54) is 26.1 Å². The highest BCUT2D eigenvalue weighted by atomic mass is 15.2. The molecule has 2 atom stereocenters. The molecule has 106 valence electrons. The van der Waals surface area contributed by atoms with E-state index in [4.69, 9.17) is 0 Å². The number of nitrogens with one attached hydrogen (secondary N) is 1. The van der Waals surface area contributed by atoms with E-state index in [1.54, 1.807) is 0 Å². The molecule has 1 aliphatic heterocycles. The Morgan fingerprint density at radius 1 is 1.17 bits per heavy atom. The average Bonchev–Trinajstić information content (AvgIpc) is 2.65. The van der Waals surface area contributed by atoms with Gasteiger partial charge in [-0.05, 0) is 42.2 Å². The SMILES string of the molecule is CCNC1CCN(CC2C(C)(C)C2(C)C)CC1C. The number of hydrogen-bond acceptors (Lipinski definition) is 2. The second-order valence-electron chi connectivity index (χ2n) is 7.69. The first-order valence-corrected chi connectivity index (χ1v) is 7.76. The maximum absolute atomic E-state index is 3.63. The molecule has 2 aliphatic rings. The Morgan fingerprint density at radius 3 is 2.22 bits per heavy atom. The Bertz CT molecular complexity index is 281. The maximum atomic E-state index is 3.63. The predicted molar refractivity (Wildman–Crippen MR) is 78.7 cm³/mol. The number of likely N-dealkylation sites (tertiary alicyclic amines) is 1. The van der Waals surface area contributed by atoms with Gasteiger partial charge in [0.15, 0.2) is 0 Å². The van der Waals surface area contributed by atoms with Gasteiger partial charge in [0.1, 0.15) is 0 Å². The van der Waals surface area contributed by atoms with Crippen molar-refractivity contribution < 1.29 is 0 Å². The van der Waals surface area contributed by atoms with Gasteiger partial charge in [0, 0.05) is 19.1 Å². The summed E-state index contributed by atoms with van der Waals surface area (Å²) in [5, 5.41) is 3.63. The Hall–Kier alpha value is -0.0800. The van der Waals surface area contributed by atoms with Crippen molar-refractivity contribution in [2.75, 3.05) is 26.2 Å². The second kappa shape index (κ2) is 4.79. The summed E-state index contributed by atoms with van der Waals surface area (Å²) in [4.78, 5) is 2.71. The highest BCUT2D eigenvalue weighted by molar-refractivity contribution is 5.13. The van der Waals surface area contributed by atoms with E-state index >= 15 is 0 Å². The minimum absolute atomic E-state index is 0.536. The molecule has 0 aromatic rings. The van der Waals surface area contributed by atoms with Crippen LogP contribution in [0.4, 0.5) is 0 Å². The summed E-state index contributed by atoms with van der Waals surface area (Å²) < 4.78 is 0. The summed E-state index contributed by atoms with van der Waals surface area (Å²) in [6, 6.07) is 0.742. The van der Waals surface area contributed by atoms with Gasteiger partial charge in [0.2, 0.25) is 0 Å². The monoisotopic (exact) mass is 252 g/mol. The summed E-state index contributed by atoms with van der Waals surface area (Å²) in [6.07, 6.45) is 1.32. The standard InChI is InChI=1S/C16H32N2/c1-7-17-13-8-9-18(10-12(13)2)11-14-15(3,4)16(14,5)6/h12-14,17H,7-11H2,1-6H3. The van der Waals surface area contributed by atoms with E-state index in [0.717, 1.165) is 24.4 Å². The smallest absolute Gasteiger partial charge is 0.0117 e. The van der Waals surface area contributed by atoms with Crippen molar-refractivity contribution in [1.82, 2.24) is 10.2 Å². The molecular formula is C16H32N2. The van der Waals surface area contributed by atoms with Crippen molar-refractivity contribution in [3.8, 4) is 0 Å². The van der Waals surface area contributed by atoms with E-state index in [1.807, 2.05) is 0 Å². The number of hydrogen-bond donors (Lipinski definition) is 1. The van der Waals surface area contributed by atoms with Crippen LogP contribution in [0.1, 0.15) is 48.0 Å². The van der Waals surface area contributed by atoms with Crippen molar-refractivity contribution >= 4 is 0 Å². The number of rotatable bonds is 4. The fourth-order valence-corrected chi connectivity index (χ4v) is 4.01. The van der Waals surface area contributed by atoms with Crippen LogP contribution in [0.15, 0.2) is 0 Å². The maximum Gasteiger partial charge on any atom is 0.0117 e. The van der Waals surface area contributed by atoms with Crippen LogP contribution < -0.4 is 5.32 Å². The lowest BCUT2D eigenvalue weighted by molar-refractivity contribution is 0.136. The molecule has 2 rings (SSSR count). The zero-order valence-electron chi connectivity index (χ0n) is 13.2. The molecule has 2 nitrogen and oxygen atoms in total. The van der Waals surface area contributed by atoms with Crippen LogP contribution in [0.3, 0.4) is 0 Å². The molecule has 1 saturated carbocycles. The van der Waals surface area contributed by atoms with Gasteiger partial charge >= 0.3 is 0 Å². The fraction of sp³-hybridized carbons (Fsp3) is 1.00. The molecule has 1 heterocycles. The second-order valence-corrected chi connectivity index (χ2v) is 7.69. The topological polar surface area (TPSA) is 15.3 Å². The first-order valence-electron chi connectivity index (χ1n) is 7.76. The summed E-state index contributed by atoms with van der Waals surface area (Å²) in [7, 11) is 0. The van der Waals surface area contributed by atoms with Crippen LogP contribution in [0.2, 0.25) is 0 Å². The molecule has 1 saturated heterocycles. The lowest BCUT2D eigenvalue weighted by atomic mass is 9.93. The first-order chi connectivity index (χ1) is 8.30. The normalized spacial score (nSPS) is 35.7. The van der Waals surface area contributed by atoms with Gasteiger partial charge in [-0.25, -0.2) is 0 Å². The summed E-state index contributed by atoms with van der Waals surface area (Å²) in [5.74, 6) is 1.68. The quantitative estimate of drug-likeness (QED) is 0.827. The minimum atomic E-state index is 0.536. The van der Waals surface area contributed by atoms with Gasteiger partial charge in [0.05, 0.1) is 0 Å². The van der Waals surface area contributed by atoms with Gasteiger partial charge in [-0.3, -0.25) is 0 Å². The van der Waals surface area contributed by atoms with E-state index in [0.29, 0.717) is 10.8 Å². The Balaban J connectivity index is 1.84. The van der Waals surface area contributed by atoms with Crippen LogP contribution in [0.25, 0.3) is 0 Å². The lowest BCUT2D eigenvalue weighted by Crippen LogP contribution is -2.48. The molecule has 0 amide bonds. The molecule has 0 radical (unpaired) electrons. The molecule has 0 aromatic heterocycles.